The summed E-state index contributed by atoms with van der Waals surface area (Å²) in [5, 5.41) is 10.1. The van der Waals surface area contributed by atoms with E-state index in [1.54, 1.807) is 0 Å². The van der Waals surface area contributed by atoms with Gasteiger partial charge in [0.2, 0.25) is 6.43 Å². The summed E-state index contributed by atoms with van der Waals surface area (Å²) in [7, 11) is 0. The number of carboxylic acid groups (broad SMARTS) is 1. The zero-order valence-corrected chi connectivity index (χ0v) is 7.52. The predicted octanol–water partition coefficient (Wildman–Crippen LogP) is 1.49. The Labute approximate surface area is 82.3 Å². The van der Waals surface area contributed by atoms with Gasteiger partial charge in [0.1, 0.15) is 0 Å². The smallest absolute Gasteiger partial charge is 0.475 e. The van der Waals surface area contributed by atoms with Crippen LogP contribution in [-0.4, -0.2) is 36.8 Å². The third-order valence-corrected chi connectivity index (χ3v) is 1.62. The van der Waals surface area contributed by atoms with Crippen molar-refractivity contribution >= 4 is 5.97 Å². The highest BCUT2D eigenvalue weighted by Gasteiger charge is 2.38. The molecule has 0 spiro atoms. The van der Waals surface area contributed by atoms with Crippen molar-refractivity contribution in [1.82, 2.24) is 5.32 Å². The third kappa shape index (κ3) is 7.06. The number of aliphatic carboxylic acids is 1. The number of hydrogen-bond acceptors (Lipinski definition) is 2. The van der Waals surface area contributed by atoms with Gasteiger partial charge in [0, 0.05) is 6.42 Å². The molecule has 2 N–H and O–H groups in total. The molecule has 0 radical (unpaired) electrons. The summed E-state index contributed by atoms with van der Waals surface area (Å²) in [5.41, 5.74) is 0. The molecule has 15 heavy (non-hydrogen) atoms. The first-order valence-corrected chi connectivity index (χ1v) is 4.02. The van der Waals surface area contributed by atoms with Gasteiger partial charge in [-0.15, -0.1) is 0 Å². The van der Waals surface area contributed by atoms with Gasteiger partial charge < -0.3 is 10.4 Å². The van der Waals surface area contributed by atoms with Gasteiger partial charge in [-0.05, 0) is 19.0 Å². The van der Waals surface area contributed by atoms with Gasteiger partial charge in [-0.25, -0.2) is 13.6 Å². The summed E-state index contributed by atoms with van der Waals surface area (Å²) in [6.07, 6.45) is -7.12. The lowest BCUT2D eigenvalue weighted by Crippen LogP contribution is -2.42. The molecule has 0 atom stereocenters. The second-order valence-corrected chi connectivity index (χ2v) is 2.95. The number of nitrogens with one attached hydrogen (secondary N) is 1. The maximum atomic E-state index is 11.5. The van der Waals surface area contributed by atoms with Crippen molar-refractivity contribution in [3.05, 3.63) is 0 Å². The highest BCUT2D eigenvalue weighted by atomic mass is 19.4. The summed E-state index contributed by atoms with van der Waals surface area (Å²) in [6, 6.07) is 0. The molecule has 0 saturated carbocycles. The van der Waals surface area contributed by atoms with Crippen LogP contribution in [0.25, 0.3) is 0 Å². The lowest BCUT2D eigenvalue weighted by molar-refractivity contribution is -0.192. The molecular formula is C7H10F5NO2. The Morgan fingerprint density at radius 2 is 1.80 bits per heavy atom. The number of hydrogen-bond donors (Lipinski definition) is 2. The molecule has 1 saturated heterocycles. The van der Waals surface area contributed by atoms with Gasteiger partial charge in [0.05, 0.1) is 0 Å². The minimum Gasteiger partial charge on any atom is -0.475 e. The van der Waals surface area contributed by atoms with E-state index in [0.717, 1.165) is 13.1 Å². The van der Waals surface area contributed by atoms with Crippen LogP contribution in [0, 0.1) is 5.92 Å². The van der Waals surface area contributed by atoms with Crippen LogP contribution in [0.2, 0.25) is 0 Å². The molecule has 1 fully saturated rings. The number of halogens is 5. The van der Waals surface area contributed by atoms with Crippen molar-refractivity contribution in [2.45, 2.75) is 19.0 Å². The van der Waals surface area contributed by atoms with E-state index in [1.165, 1.54) is 0 Å². The van der Waals surface area contributed by atoms with Crippen LogP contribution in [0.3, 0.4) is 0 Å². The minimum atomic E-state index is -5.08. The number of carboxylic acids is 1. The first kappa shape index (κ1) is 14.1. The van der Waals surface area contributed by atoms with Crippen molar-refractivity contribution < 1.29 is 31.9 Å². The third-order valence-electron chi connectivity index (χ3n) is 1.62. The molecule has 1 aliphatic rings. The zero-order chi connectivity index (χ0) is 12.1. The lowest BCUT2D eigenvalue weighted by atomic mass is 10.0. The average molecular weight is 235 g/mol. The molecule has 90 valence electrons. The molecule has 0 aromatic rings. The Morgan fingerprint density at radius 1 is 1.40 bits per heavy atom. The van der Waals surface area contributed by atoms with Gasteiger partial charge in [-0.2, -0.15) is 13.2 Å². The molecule has 0 aromatic carbocycles. The fourth-order valence-corrected chi connectivity index (χ4v) is 0.767. The maximum absolute atomic E-state index is 11.5. The molecule has 1 rings (SSSR count). The van der Waals surface area contributed by atoms with Gasteiger partial charge in [-0.1, -0.05) is 0 Å². The molecule has 0 bridgehead atoms. The number of rotatable bonds is 2. The summed E-state index contributed by atoms with van der Waals surface area (Å²) in [5.74, 6) is -2.51. The quantitative estimate of drug-likeness (QED) is 0.713. The fourth-order valence-electron chi connectivity index (χ4n) is 0.767. The van der Waals surface area contributed by atoms with E-state index in [9.17, 15) is 22.0 Å². The Morgan fingerprint density at radius 3 is 1.87 bits per heavy atom. The van der Waals surface area contributed by atoms with Gasteiger partial charge in [0.15, 0.2) is 0 Å². The van der Waals surface area contributed by atoms with Crippen molar-refractivity contribution in [3.63, 3.8) is 0 Å². The normalized spacial score (nSPS) is 16.7. The van der Waals surface area contributed by atoms with Crippen LogP contribution in [0.5, 0.6) is 0 Å². The summed E-state index contributed by atoms with van der Waals surface area (Å²) in [4.78, 5) is 8.90. The standard InChI is InChI=1S/C5H9F2N.C2HF3O2/c6-5(7)1-4-2-8-3-4;3-2(4,5)1(6)7/h4-5,8H,1-3H2;(H,6,7). The zero-order valence-electron chi connectivity index (χ0n) is 7.52. The van der Waals surface area contributed by atoms with Crippen LogP contribution in [0.1, 0.15) is 6.42 Å². The van der Waals surface area contributed by atoms with Crippen LogP contribution >= 0.6 is 0 Å². The molecule has 0 unspecified atom stereocenters. The van der Waals surface area contributed by atoms with Crippen LogP contribution in [0.15, 0.2) is 0 Å². The van der Waals surface area contributed by atoms with E-state index in [-0.39, 0.29) is 12.3 Å². The predicted molar refractivity (Wildman–Crippen MR) is 40.7 cm³/mol. The van der Waals surface area contributed by atoms with Gasteiger partial charge in [0.25, 0.3) is 0 Å². The van der Waals surface area contributed by atoms with E-state index in [1.807, 2.05) is 0 Å². The molecule has 0 aromatic heterocycles. The monoisotopic (exact) mass is 235 g/mol. The summed E-state index contributed by atoms with van der Waals surface area (Å²) < 4.78 is 54.7. The Hall–Kier alpha value is -0.920. The molecule has 3 nitrogen and oxygen atoms in total. The second kappa shape index (κ2) is 5.84. The van der Waals surface area contributed by atoms with Gasteiger partial charge in [-0.3, -0.25) is 0 Å². The highest BCUT2D eigenvalue weighted by Crippen LogP contribution is 2.13. The van der Waals surface area contributed by atoms with Crippen LogP contribution in [0.4, 0.5) is 22.0 Å². The Balaban J connectivity index is 0.000000265. The summed E-state index contributed by atoms with van der Waals surface area (Å²) >= 11 is 0. The molecular weight excluding hydrogens is 225 g/mol. The van der Waals surface area contributed by atoms with Crippen molar-refractivity contribution in [2.24, 2.45) is 5.92 Å². The Bertz CT molecular complexity index is 202. The Kier molecular flexibility index (Phi) is 5.48. The van der Waals surface area contributed by atoms with E-state index < -0.39 is 18.6 Å². The SMILES string of the molecule is FC(F)CC1CNC1.O=C(O)C(F)(F)F. The van der Waals surface area contributed by atoms with Crippen molar-refractivity contribution in [1.29, 1.82) is 0 Å². The topological polar surface area (TPSA) is 49.3 Å². The van der Waals surface area contributed by atoms with E-state index in [0.29, 0.717) is 0 Å². The minimum absolute atomic E-state index is 0.0764. The van der Waals surface area contributed by atoms with Crippen molar-refractivity contribution in [3.8, 4) is 0 Å². The maximum Gasteiger partial charge on any atom is 0.490 e. The van der Waals surface area contributed by atoms with Crippen LogP contribution in [-0.2, 0) is 4.79 Å². The van der Waals surface area contributed by atoms with E-state index >= 15 is 0 Å². The first-order chi connectivity index (χ1) is 6.73. The number of alkyl halides is 5. The second-order valence-electron chi connectivity index (χ2n) is 2.95. The summed E-state index contributed by atoms with van der Waals surface area (Å²) in [6.45, 7) is 1.56. The molecule has 0 amide bonds. The average Bonchev–Trinajstić information content (AvgIpc) is 1.96. The van der Waals surface area contributed by atoms with E-state index in [4.69, 9.17) is 9.90 Å². The largest absolute Gasteiger partial charge is 0.490 e. The van der Waals surface area contributed by atoms with E-state index in [2.05, 4.69) is 5.32 Å². The van der Waals surface area contributed by atoms with Crippen molar-refractivity contribution in [2.75, 3.05) is 13.1 Å². The fraction of sp³-hybridized carbons (Fsp3) is 0.857. The van der Waals surface area contributed by atoms with Gasteiger partial charge >= 0.3 is 12.1 Å². The van der Waals surface area contributed by atoms with Crippen LogP contribution < -0.4 is 5.32 Å². The number of carbonyl (C=O) groups is 1. The molecule has 0 aliphatic carbocycles. The molecule has 8 heteroatoms. The first-order valence-electron chi connectivity index (χ1n) is 4.02. The lowest BCUT2D eigenvalue weighted by Gasteiger charge is -2.26. The molecule has 1 heterocycles. The highest BCUT2D eigenvalue weighted by molar-refractivity contribution is 5.73. The molecule has 1 aliphatic heterocycles.